The first-order chi connectivity index (χ1) is 11.0. The van der Waals surface area contributed by atoms with E-state index in [4.69, 9.17) is 16.7 Å². The van der Waals surface area contributed by atoms with Crippen molar-refractivity contribution in [3.8, 4) is 0 Å². The van der Waals surface area contributed by atoms with Crippen LogP contribution >= 0.6 is 0 Å². The van der Waals surface area contributed by atoms with E-state index in [0.717, 1.165) is 23.3 Å². The zero-order valence-electron chi connectivity index (χ0n) is 12.2. The lowest BCUT2D eigenvalue weighted by molar-refractivity contribution is 0.204. The van der Waals surface area contributed by atoms with Crippen LogP contribution < -0.4 is 16.9 Å². The zero-order valence-corrected chi connectivity index (χ0v) is 12.2. The number of hydrazone groups is 1. The molecular weight excluding hydrogens is 304 g/mol. The average Bonchev–Trinajstić information content (AvgIpc) is 2.51. The number of hydrogen-bond donors (Lipinski definition) is 4. The van der Waals surface area contributed by atoms with E-state index < -0.39 is 11.6 Å². The minimum Gasteiger partial charge on any atom is -0.394 e. The maximum atomic E-state index is 13.8. The third kappa shape index (κ3) is 4.38. The minimum absolute atomic E-state index is 0.0230. The molecule has 2 aromatic carbocycles. The lowest BCUT2D eigenvalue weighted by Gasteiger charge is -2.15. The fourth-order valence-electron chi connectivity index (χ4n) is 1.90. The molecule has 2 aromatic rings. The lowest BCUT2D eigenvalue weighted by atomic mass is 10.1. The number of hydrogen-bond acceptors (Lipinski definition) is 5. The summed E-state index contributed by atoms with van der Waals surface area (Å²) in [6, 6.07) is 9.84. The molecule has 122 valence electrons. The first-order valence-corrected chi connectivity index (χ1v) is 6.80. The molecular formula is C15H17F2N5O. The van der Waals surface area contributed by atoms with Gasteiger partial charge in [-0.1, -0.05) is 12.1 Å². The van der Waals surface area contributed by atoms with Crippen LogP contribution in [0.25, 0.3) is 0 Å². The summed E-state index contributed by atoms with van der Waals surface area (Å²) < 4.78 is 27.0. The number of aliphatic hydroxyl groups excluding tert-OH is 1. The SMILES string of the molecule is N/C(=N\N(N)CCO)c1ccccc1Nc1cc(F)ccc1F. The second-order valence-corrected chi connectivity index (χ2v) is 4.67. The molecule has 0 heterocycles. The average molecular weight is 321 g/mol. The molecule has 0 bridgehead atoms. The molecule has 0 amide bonds. The van der Waals surface area contributed by atoms with Crippen molar-refractivity contribution in [2.24, 2.45) is 16.7 Å². The number of nitrogens with two attached hydrogens (primary N) is 2. The first kappa shape index (κ1) is 16.7. The highest BCUT2D eigenvalue weighted by Gasteiger charge is 2.10. The minimum atomic E-state index is -0.600. The number of amidine groups is 1. The van der Waals surface area contributed by atoms with E-state index in [0.29, 0.717) is 11.3 Å². The van der Waals surface area contributed by atoms with Gasteiger partial charge in [-0.25, -0.2) is 19.7 Å². The van der Waals surface area contributed by atoms with Crippen molar-refractivity contribution in [2.75, 3.05) is 18.5 Å². The van der Waals surface area contributed by atoms with Gasteiger partial charge in [0.15, 0.2) is 5.84 Å². The molecule has 0 aromatic heterocycles. The second-order valence-electron chi connectivity index (χ2n) is 4.67. The summed E-state index contributed by atoms with van der Waals surface area (Å²) in [7, 11) is 0. The summed E-state index contributed by atoms with van der Waals surface area (Å²) in [4.78, 5) is 0. The third-order valence-corrected chi connectivity index (χ3v) is 2.97. The normalized spacial score (nSPS) is 11.4. The Hall–Kier alpha value is -2.71. The van der Waals surface area contributed by atoms with Gasteiger partial charge in [0.2, 0.25) is 0 Å². The molecule has 0 fully saturated rings. The van der Waals surface area contributed by atoms with E-state index in [9.17, 15) is 8.78 Å². The molecule has 0 radical (unpaired) electrons. The lowest BCUT2D eigenvalue weighted by Crippen LogP contribution is -2.32. The van der Waals surface area contributed by atoms with E-state index in [2.05, 4.69) is 10.4 Å². The summed E-state index contributed by atoms with van der Waals surface area (Å²) >= 11 is 0. The highest BCUT2D eigenvalue weighted by Crippen LogP contribution is 2.23. The predicted molar refractivity (Wildman–Crippen MR) is 84.8 cm³/mol. The summed E-state index contributed by atoms with van der Waals surface area (Å²) in [5.41, 5.74) is 6.77. The largest absolute Gasteiger partial charge is 0.394 e. The number of aliphatic hydroxyl groups is 1. The molecule has 2 rings (SSSR count). The van der Waals surface area contributed by atoms with Gasteiger partial charge < -0.3 is 16.2 Å². The molecule has 0 aliphatic heterocycles. The smallest absolute Gasteiger partial charge is 0.154 e. The Morgan fingerprint density at radius 3 is 2.65 bits per heavy atom. The van der Waals surface area contributed by atoms with E-state index >= 15 is 0 Å². The van der Waals surface area contributed by atoms with Crippen LogP contribution in [0.1, 0.15) is 5.56 Å². The van der Waals surface area contributed by atoms with Crippen LogP contribution in [-0.4, -0.2) is 29.2 Å². The fraction of sp³-hybridized carbons (Fsp3) is 0.133. The van der Waals surface area contributed by atoms with Gasteiger partial charge in [-0.2, -0.15) is 0 Å². The number of nitrogens with zero attached hydrogens (tertiary/aromatic N) is 2. The fourth-order valence-corrected chi connectivity index (χ4v) is 1.90. The van der Waals surface area contributed by atoms with Gasteiger partial charge in [0.05, 0.1) is 18.8 Å². The molecule has 0 unspecified atom stereocenters. The van der Waals surface area contributed by atoms with Crippen LogP contribution in [0.4, 0.5) is 20.2 Å². The maximum absolute atomic E-state index is 13.8. The van der Waals surface area contributed by atoms with Crippen molar-refractivity contribution in [3.63, 3.8) is 0 Å². The highest BCUT2D eigenvalue weighted by molar-refractivity contribution is 6.02. The summed E-state index contributed by atoms with van der Waals surface area (Å²) in [6.45, 7) is -0.0729. The Labute approximate surface area is 132 Å². The van der Waals surface area contributed by atoms with E-state index in [1.54, 1.807) is 24.3 Å². The summed E-state index contributed by atoms with van der Waals surface area (Å²) in [6.07, 6.45) is 0. The van der Waals surface area contributed by atoms with E-state index in [-0.39, 0.29) is 24.7 Å². The Bertz CT molecular complexity index is 708. The maximum Gasteiger partial charge on any atom is 0.154 e. The molecule has 0 aliphatic rings. The number of nitrogens with one attached hydrogen (secondary N) is 1. The van der Waals surface area contributed by atoms with Crippen molar-refractivity contribution in [3.05, 3.63) is 59.7 Å². The predicted octanol–water partition coefficient (Wildman–Crippen LogP) is 1.50. The van der Waals surface area contributed by atoms with Gasteiger partial charge in [-0.15, -0.1) is 5.10 Å². The van der Waals surface area contributed by atoms with Gasteiger partial charge in [0.25, 0.3) is 0 Å². The van der Waals surface area contributed by atoms with Crippen LogP contribution in [0.5, 0.6) is 0 Å². The zero-order chi connectivity index (χ0) is 16.8. The third-order valence-electron chi connectivity index (χ3n) is 2.97. The van der Waals surface area contributed by atoms with Gasteiger partial charge in [-0.3, -0.25) is 0 Å². The molecule has 0 saturated heterocycles. The second kappa shape index (κ2) is 7.52. The standard InChI is InChI=1S/C15H17F2N5O/c16-10-5-6-12(17)14(9-10)20-13-4-2-1-3-11(13)15(18)21-22(19)7-8-23/h1-6,9,20,23H,7-8,19H2,(H2,18,21). The molecule has 23 heavy (non-hydrogen) atoms. The molecule has 6 N–H and O–H groups in total. The van der Waals surface area contributed by atoms with Crippen molar-refractivity contribution < 1.29 is 13.9 Å². The van der Waals surface area contributed by atoms with Crippen molar-refractivity contribution >= 4 is 17.2 Å². The molecule has 0 atom stereocenters. The van der Waals surface area contributed by atoms with Crippen LogP contribution in [0, 0.1) is 11.6 Å². The van der Waals surface area contributed by atoms with E-state index in [1.165, 1.54) is 0 Å². The quantitative estimate of drug-likeness (QED) is 0.280. The molecule has 6 nitrogen and oxygen atoms in total. The molecule has 0 spiro atoms. The number of hydrazine groups is 1. The Morgan fingerprint density at radius 2 is 1.91 bits per heavy atom. The van der Waals surface area contributed by atoms with Gasteiger partial charge in [0, 0.05) is 17.3 Å². The Morgan fingerprint density at radius 1 is 1.17 bits per heavy atom. The number of halogens is 2. The molecule has 0 aliphatic carbocycles. The van der Waals surface area contributed by atoms with Crippen LogP contribution in [0.2, 0.25) is 0 Å². The molecule has 0 saturated carbocycles. The van der Waals surface area contributed by atoms with Crippen LogP contribution in [-0.2, 0) is 0 Å². The van der Waals surface area contributed by atoms with Crippen LogP contribution in [0.3, 0.4) is 0 Å². The van der Waals surface area contributed by atoms with Crippen molar-refractivity contribution in [2.45, 2.75) is 0 Å². The van der Waals surface area contributed by atoms with Crippen LogP contribution in [0.15, 0.2) is 47.6 Å². The monoisotopic (exact) mass is 321 g/mol. The Balaban J connectivity index is 2.32. The van der Waals surface area contributed by atoms with Gasteiger partial charge in [-0.05, 0) is 24.3 Å². The van der Waals surface area contributed by atoms with Gasteiger partial charge in [0.1, 0.15) is 11.6 Å². The number of rotatable bonds is 6. The number of para-hydroxylation sites is 1. The summed E-state index contributed by atoms with van der Waals surface area (Å²) in [5, 5.41) is 16.5. The van der Waals surface area contributed by atoms with E-state index in [1.807, 2.05) is 0 Å². The van der Waals surface area contributed by atoms with Crippen molar-refractivity contribution in [1.82, 2.24) is 5.12 Å². The first-order valence-electron chi connectivity index (χ1n) is 6.80. The summed E-state index contributed by atoms with van der Waals surface area (Å²) in [5.74, 6) is 4.45. The topological polar surface area (TPSA) is 99.9 Å². The number of benzene rings is 2. The van der Waals surface area contributed by atoms with Gasteiger partial charge >= 0.3 is 0 Å². The molecule has 8 heteroatoms. The highest BCUT2D eigenvalue weighted by atomic mass is 19.1. The Kier molecular flexibility index (Phi) is 5.45. The van der Waals surface area contributed by atoms with Crippen molar-refractivity contribution in [1.29, 1.82) is 0 Å². The number of anilines is 2.